The topological polar surface area (TPSA) is 129 Å². The number of benzene rings is 2. The largest absolute Gasteiger partial charge is 0.473 e. The second-order valence-corrected chi connectivity index (χ2v) is 8.00. The lowest BCUT2D eigenvalue weighted by Crippen LogP contribution is -2.52. The van der Waals surface area contributed by atoms with Gasteiger partial charge in [0.05, 0.1) is 11.7 Å². The highest BCUT2D eigenvalue weighted by Crippen LogP contribution is 2.33. The summed E-state index contributed by atoms with van der Waals surface area (Å²) in [6.07, 6.45) is 0. The van der Waals surface area contributed by atoms with Crippen LogP contribution in [0.25, 0.3) is 0 Å². The Kier molecular flexibility index (Phi) is 8.72. The molecular formula is C23H24F3N3O7. The molecule has 2 aliphatic rings. The molecule has 13 heteroatoms. The number of rotatable bonds is 5. The summed E-state index contributed by atoms with van der Waals surface area (Å²) in [6, 6.07) is 7.14. The zero-order valence-electron chi connectivity index (χ0n) is 19.2. The standard InChI is InChI=1S/C21H22F3N3O3.C2H2O4/c1-13(21(28)25-16-4-3-15(22)19(23)20(16)24)27-8-6-26(7-9-27)11-14-2-5-17-18(10-14)30-12-29-17;3-1(4)2(5)6/h2-5,10,13H,6-9,11-12H2,1H3,(H,25,28);(H,3,4)(H,5,6). The SMILES string of the molecule is CC(C(=O)Nc1ccc(F)c(F)c1F)N1CCN(Cc2ccc3c(c2)OCO3)CC1.O=C(O)C(=O)O. The van der Waals surface area contributed by atoms with Gasteiger partial charge in [0.1, 0.15) is 0 Å². The Balaban J connectivity index is 0.000000538. The molecule has 36 heavy (non-hydrogen) atoms. The molecule has 2 heterocycles. The highest BCUT2D eigenvalue weighted by atomic mass is 19.2. The lowest BCUT2D eigenvalue weighted by atomic mass is 10.1. The van der Waals surface area contributed by atoms with Gasteiger partial charge in [0.25, 0.3) is 0 Å². The minimum absolute atomic E-state index is 0.242. The van der Waals surface area contributed by atoms with E-state index in [4.69, 9.17) is 29.3 Å². The van der Waals surface area contributed by atoms with E-state index in [2.05, 4.69) is 10.2 Å². The Morgan fingerprint density at radius 2 is 1.58 bits per heavy atom. The summed E-state index contributed by atoms with van der Waals surface area (Å²) >= 11 is 0. The Hall–Kier alpha value is -3.84. The van der Waals surface area contributed by atoms with Crippen molar-refractivity contribution >= 4 is 23.5 Å². The average molecular weight is 511 g/mol. The van der Waals surface area contributed by atoms with Crippen LogP contribution in [0.5, 0.6) is 11.5 Å². The van der Waals surface area contributed by atoms with Crippen LogP contribution in [0.15, 0.2) is 30.3 Å². The first-order chi connectivity index (χ1) is 17.1. The van der Waals surface area contributed by atoms with Gasteiger partial charge in [0.15, 0.2) is 29.0 Å². The fourth-order valence-corrected chi connectivity index (χ4v) is 3.63. The van der Waals surface area contributed by atoms with Gasteiger partial charge in [-0.15, -0.1) is 0 Å². The molecule has 0 saturated carbocycles. The van der Waals surface area contributed by atoms with Crippen molar-refractivity contribution in [1.29, 1.82) is 0 Å². The van der Waals surface area contributed by atoms with E-state index in [-0.39, 0.29) is 12.5 Å². The second kappa shape index (κ2) is 11.7. The third-order valence-corrected chi connectivity index (χ3v) is 5.65. The molecule has 2 aromatic carbocycles. The molecule has 3 N–H and O–H groups in total. The van der Waals surface area contributed by atoms with E-state index in [0.717, 1.165) is 48.8 Å². The minimum Gasteiger partial charge on any atom is -0.473 e. The van der Waals surface area contributed by atoms with Crippen molar-refractivity contribution in [3.05, 3.63) is 53.3 Å². The van der Waals surface area contributed by atoms with Crippen LogP contribution in [0.2, 0.25) is 0 Å². The predicted octanol–water partition coefficient (Wildman–Crippen LogP) is 2.13. The summed E-state index contributed by atoms with van der Waals surface area (Å²) in [5.41, 5.74) is 0.750. The molecule has 0 aliphatic carbocycles. The summed E-state index contributed by atoms with van der Waals surface area (Å²) < 4.78 is 50.9. The molecular weight excluding hydrogens is 487 g/mol. The van der Waals surface area contributed by atoms with Gasteiger partial charge in [-0.2, -0.15) is 0 Å². The first-order valence-electron chi connectivity index (χ1n) is 10.8. The molecule has 0 bridgehead atoms. The van der Waals surface area contributed by atoms with Crippen molar-refractivity contribution in [1.82, 2.24) is 9.80 Å². The number of hydrogen-bond acceptors (Lipinski definition) is 7. The lowest BCUT2D eigenvalue weighted by molar-refractivity contribution is -0.159. The fraction of sp³-hybridized carbons (Fsp3) is 0.348. The number of carbonyl (C=O) groups excluding carboxylic acids is 1. The molecule has 1 amide bonds. The number of carboxylic acids is 2. The van der Waals surface area contributed by atoms with E-state index < -0.39 is 41.3 Å². The second-order valence-electron chi connectivity index (χ2n) is 8.00. The molecule has 1 atom stereocenters. The number of nitrogens with zero attached hydrogens (tertiary/aromatic N) is 2. The van der Waals surface area contributed by atoms with E-state index in [1.165, 1.54) is 0 Å². The number of hydrogen-bond donors (Lipinski definition) is 3. The normalized spacial score (nSPS) is 16.0. The maximum absolute atomic E-state index is 13.8. The maximum Gasteiger partial charge on any atom is 0.414 e. The van der Waals surface area contributed by atoms with Crippen molar-refractivity contribution in [2.45, 2.75) is 19.5 Å². The van der Waals surface area contributed by atoms with Gasteiger partial charge >= 0.3 is 11.9 Å². The molecule has 4 rings (SSSR count). The van der Waals surface area contributed by atoms with E-state index in [9.17, 15) is 18.0 Å². The summed E-state index contributed by atoms with van der Waals surface area (Å²) in [6.45, 7) is 5.52. The van der Waals surface area contributed by atoms with Gasteiger partial charge in [0, 0.05) is 32.7 Å². The highest BCUT2D eigenvalue weighted by molar-refractivity contribution is 6.27. The summed E-state index contributed by atoms with van der Waals surface area (Å²) in [5.74, 6) is -6.91. The van der Waals surface area contributed by atoms with E-state index in [1.54, 1.807) is 6.92 Å². The van der Waals surface area contributed by atoms with Crippen LogP contribution in [0, 0.1) is 17.5 Å². The molecule has 10 nitrogen and oxygen atoms in total. The number of aliphatic carboxylic acids is 2. The Labute approximate surface area is 203 Å². The fourth-order valence-electron chi connectivity index (χ4n) is 3.63. The van der Waals surface area contributed by atoms with E-state index in [0.29, 0.717) is 13.1 Å². The van der Waals surface area contributed by atoms with Gasteiger partial charge in [-0.05, 0) is 36.8 Å². The third kappa shape index (κ3) is 6.64. The molecule has 1 fully saturated rings. The number of amides is 1. The smallest absolute Gasteiger partial charge is 0.414 e. The van der Waals surface area contributed by atoms with Crippen molar-refractivity contribution in [2.75, 3.05) is 38.3 Å². The van der Waals surface area contributed by atoms with Crippen LogP contribution in [-0.4, -0.2) is 76.9 Å². The number of piperazine rings is 1. The van der Waals surface area contributed by atoms with Crippen molar-refractivity contribution in [3.63, 3.8) is 0 Å². The van der Waals surface area contributed by atoms with Gasteiger partial charge in [-0.25, -0.2) is 22.8 Å². The van der Waals surface area contributed by atoms with Gasteiger partial charge < -0.3 is 25.0 Å². The first-order valence-corrected chi connectivity index (χ1v) is 10.8. The molecule has 0 spiro atoms. The Bertz CT molecular complexity index is 1130. The molecule has 0 radical (unpaired) electrons. The van der Waals surface area contributed by atoms with E-state index in [1.807, 2.05) is 23.1 Å². The van der Waals surface area contributed by atoms with Crippen molar-refractivity contribution in [2.24, 2.45) is 0 Å². The van der Waals surface area contributed by atoms with Crippen molar-refractivity contribution in [3.8, 4) is 11.5 Å². The zero-order valence-corrected chi connectivity index (χ0v) is 19.2. The van der Waals surface area contributed by atoms with Gasteiger partial charge in [0.2, 0.25) is 12.7 Å². The lowest BCUT2D eigenvalue weighted by Gasteiger charge is -2.37. The number of fused-ring (bicyclic) bond motifs is 1. The van der Waals surface area contributed by atoms with Crippen LogP contribution < -0.4 is 14.8 Å². The van der Waals surface area contributed by atoms with Crippen LogP contribution in [-0.2, 0) is 20.9 Å². The summed E-state index contributed by atoms with van der Waals surface area (Å²) in [4.78, 5) is 34.9. The number of carbonyl (C=O) groups is 3. The number of carboxylic acid groups (broad SMARTS) is 2. The molecule has 1 unspecified atom stereocenters. The maximum atomic E-state index is 13.8. The van der Waals surface area contributed by atoms with Crippen molar-refractivity contribution < 1.29 is 47.2 Å². The number of ether oxygens (including phenoxy) is 2. The average Bonchev–Trinajstić information content (AvgIpc) is 3.32. The first kappa shape index (κ1) is 26.8. The van der Waals surface area contributed by atoms with Gasteiger partial charge in [-0.1, -0.05) is 6.07 Å². The van der Waals surface area contributed by atoms with Crippen LogP contribution in [0.3, 0.4) is 0 Å². The molecule has 194 valence electrons. The number of anilines is 1. The van der Waals surface area contributed by atoms with Crippen LogP contribution in [0.4, 0.5) is 18.9 Å². The predicted molar refractivity (Wildman–Crippen MR) is 119 cm³/mol. The number of halogens is 3. The van der Waals surface area contributed by atoms with Crippen LogP contribution >= 0.6 is 0 Å². The Morgan fingerprint density at radius 3 is 2.22 bits per heavy atom. The molecule has 0 aromatic heterocycles. The van der Waals surface area contributed by atoms with Crippen LogP contribution in [0.1, 0.15) is 12.5 Å². The Morgan fingerprint density at radius 1 is 0.944 bits per heavy atom. The zero-order chi connectivity index (χ0) is 26.4. The third-order valence-electron chi connectivity index (χ3n) is 5.65. The summed E-state index contributed by atoms with van der Waals surface area (Å²) in [7, 11) is 0. The molecule has 2 aromatic rings. The monoisotopic (exact) mass is 511 g/mol. The van der Waals surface area contributed by atoms with Gasteiger partial charge in [-0.3, -0.25) is 14.6 Å². The van der Waals surface area contributed by atoms with E-state index >= 15 is 0 Å². The molecule has 2 aliphatic heterocycles. The number of nitrogens with one attached hydrogen (secondary N) is 1. The minimum atomic E-state index is -1.82. The quantitative estimate of drug-likeness (QED) is 0.409. The molecule has 1 saturated heterocycles. The highest BCUT2D eigenvalue weighted by Gasteiger charge is 2.27. The summed E-state index contributed by atoms with van der Waals surface area (Å²) in [5, 5.41) is 17.1.